The highest BCUT2D eigenvalue weighted by Crippen LogP contribution is 2.49. The molecule has 2 aliphatic rings. The smallest absolute Gasteiger partial charge is 0.216 e. The van der Waals surface area contributed by atoms with Crippen molar-refractivity contribution in [3.8, 4) is 56.3 Å². The molecule has 2 fully saturated rings. The van der Waals surface area contributed by atoms with Gasteiger partial charge in [0.15, 0.2) is 31.0 Å². The quantitative estimate of drug-likeness (QED) is 0.134. The third-order valence-corrected chi connectivity index (χ3v) is 31.7. The Labute approximate surface area is 847 Å². The third kappa shape index (κ3) is 16.8. The fourth-order valence-corrected chi connectivity index (χ4v) is 23.4. The van der Waals surface area contributed by atoms with Crippen LogP contribution in [0.5, 0.6) is 0 Å². The van der Waals surface area contributed by atoms with Crippen molar-refractivity contribution >= 4 is 164 Å². The van der Waals surface area contributed by atoms with Gasteiger partial charge in [0.25, 0.3) is 0 Å². The number of pyridine rings is 5. The van der Waals surface area contributed by atoms with Gasteiger partial charge in [-0.15, -0.1) is 0 Å². The maximum atomic E-state index is 6.66. The molecule has 27 rings (SSSR count). The lowest BCUT2D eigenvalue weighted by atomic mass is 9.84. The number of aryl methyl sites for hydroxylation is 11. The number of nitrogens with zero attached hydrogens (tertiary/aromatic N) is 5. The van der Waals surface area contributed by atoms with E-state index in [2.05, 4.69) is 469 Å². The van der Waals surface area contributed by atoms with Crippen LogP contribution < -0.4 is 22.8 Å². The van der Waals surface area contributed by atoms with Gasteiger partial charge in [0.2, 0.25) is 28.5 Å². The topological polar surface area (TPSA) is 85.1 Å². The Kier molecular flexibility index (Phi) is 24.3. The maximum Gasteiger partial charge on any atom is 0.216 e. The normalized spacial score (nSPS) is 13.3. The highest BCUT2D eigenvalue weighted by molar-refractivity contribution is 6.22. The summed E-state index contributed by atoms with van der Waals surface area (Å²) in [6, 6.07) is 109. The Hall–Kier alpha value is -15.7. The van der Waals surface area contributed by atoms with Crippen LogP contribution in [-0.2, 0) is 47.1 Å². The fourth-order valence-electron chi connectivity index (χ4n) is 23.4. The van der Waals surface area contributed by atoms with Crippen molar-refractivity contribution in [3.05, 3.63) is 390 Å². The number of benzene rings is 15. The van der Waals surface area contributed by atoms with Gasteiger partial charge in [0, 0.05) is 141 Å². The van der Waals surface area contributed by atoms with Gasteiger partial charge in [0.1, 0.15) is 91.1 Å². The van der Waals surface area contributed by atoms with Crippen LogP contribution >= 0.6 is 0 Å². The maximum absolute atomic E-state index is 6.66. The molecule has 0 radical (unpaired) electrons. The van der Waals surface area contributed by atoms with Gasteiger partial charge < -0.3 is 22.1 Å². The number of rotatable bonds is 9. The van der Waals surface area contributed by atoms with Crippen molar-refractivity contribution in [2.24, 2.45) is 35.2 Å². The van der Waals surface area contributed by atoms with Crippen LogP contribution in [0.2, 0.25) is 0 Å². The SMILES string of the molecule is CCc1cc[n+](C)c(-c2c(C)ccc3c2oc2c4ccccc4ccc32)c1.Cc1ccc2c(oc3c4ccccc4ccc23)c1-c1cc(C(C)(C)C)cc[n+]1C.Cc1ccc2c(oc3c4ccccc4ccc23)c1-c1cc(C(C)C)cc[n+]1C.Cc1ccc2c(oc3c4ccccc4ccc23)c1-c1cc(C2CCCC2)cc[n+]1C.Cc1ccc2c(oc3c4ccccc4ccc23)c1-c1cc(C2CCCCC2)cc[n+]1C. The van der Waals surface area contributed by atoms with Crippen LogP contribution in [0.15, 0.2) is 356 Å². The van der Waals surface area contributed by atoms with E-state index in [1.54, 1.807) is 0 Å². The summed E-state index contributed by atoms with van der Waals surface area (Å²) >= 11 is 0. The second-order valence-corrected chi connectivity index (χ2v) is 42.4. The van der Waals surface area contributed by atoms with Crippen molar-refractivity contribution in [1.82, 2.24) is 0 Å². The Balaban J connectivity index is 0.000000100. The van der Waals surface area contributed by atoms with Crippen LogP contribution in [0.3, 0.4) is 0 Å². The van der Waals surface area contributed by atoms with Crippen LogP contribution in [0.25, 0.3) is 220 Å². The molecule has 0 aliphatic heterocycles. The summed E-state index contributed by atoms with van der Waals surface area (Å²) in [5.41, 5.74) is 35.1. The zero-order chi connectivity index (χ0) is 99.5. The molecule has 0 N–H and O–H groups in total. The average Bonchev–Trinajstić information content (AvgIpc) is 1.60. The Morgan fingerprint density at radius 1 is 0.255 bits per heavy atom. The van der Waals surface area contributed by atoms with Crippen LogP contribution in [0.4, 0.5) is 0 Å². The molecule has 25 aromatic rings. The lowest BCUT2D eigenvalue weighted by Gasteiger charge is -2.21. The Morgan fingerprint density at radius 2 is 0.503 bits per heavy atom. The summed E-state index contributed by atoms with van der Waals surface area (Å²) in [5.74, 6) is 1.87. The standard InChI is InChI=1S/C29H28NO.C28H26NO.C27H26NO.C26H24NO.C25H22NO/c1-19-12-14-25-24-15-13-21-10-6-7-11-23(21)28(24)31-29(25)27(19)26-18-22(16-17-30(26)2)20-8-4-3-5-9-20;1-18-11-13-24-23-14-12-20-9-5-6-10-22(20)27(23)30-28(24)26(18)25-17-21(15-16-29(25)2)19-7-3-4-8-19;1-17-10-12-22-21-13-11-18-8-6-7-9-20(18)25(21)29-26(22)24(17)23-16-19(27(2,3)4)14-15-28(23)5;1-16(2)19-13-14-27(4)23(15-19)24-17(3)9-11-22-21-12-10-18-7-5-6-8-20(18)25(21)28-26(22)24;1-4-17-13-14-26(3)22(15-17)23-16(2)9-11-21-20-12-10-18-7-5-6-8-19(18)24(20)27-25(21)23/h6-7,10-18,20H,3-5,8-9H2,1-2H3;5-6,9-17,19H,3-4,7-8H2,1-2H3;6-16H,1-5H3;5-16H,1-4H3;5-15H,4H2,1-3H3/q5*+1. The molecule has 15 aromatic carbocycles. The first-order chi connectivity index (χ1) is 70.5. The van der Waals surface area contributed by atoms with E-state index in [4.69, 9.17) is 22.1 Å². The predicted octanol–water partition coefficient (Wildman–Crippen LogP) is 34.4. The van der Waals surface area contributed by atoms with E-state index < -0.39 is 0 Å². The molecule has 0 unspecified atom stereocenters. The molecule has 145 heavy (non-hydrogen) atoms. The van der Waals surface area contributed by atoms with E-state index in [1.807, 2.05) is 0 Å². The molecular weight excluding hydrogens is 1770 g/mol. The minimum Gasteiger partial charge on any atom is -0.454 e. The van der Waals surface area contributed by atoms with E-state index in [1.165, 1.54) is 272 Å². The Bertz CT molecular complexity index is 9460. The molecule has 10 nitrogen and oxygen atoms in total. The largest absolute Gasteiger partial charge is 0.454 e. The molecule has 10 heterocycles. The summed E-state index contributed by atoms with van der Waals surface area (Å²) in [5, 5.41) is 23.8. The second-order valence-electron chi connectivity index (χ2n) is 42.4. The average molecular weight is 1900 g/mol. The van der Waals surface area contributed by atoms with E-state index in [-0.39, 0.29) is 5.41 Å². The first-order valence-corrected chi connectivity index (χ1v) is 52.1. The molecule has 2 aliphatic carbocycles. The van der Waals surface area contributed by atoms with Crippen molar-refractivity contribution in [3.63, 3.8) is 0 Å². The zero-order valence-corrected chi connectivity index (χ0v) is 86.3. The lowest BCUT2D eigenvalue weighted by molar-refractivity contribution is -0.660. The molecule has 0 saturated heterocycles. The van der Waals surface area contributed by atoms with Crippen molar-refractivity contribution in [1.29, 1.82) is 0 Å². The lowest BCUT2D eigenvalue weighted by Crippen LogP contribution is -2.32. The summed E-state index contributed by atoms with van der Waals surface area (Å²) < 4.78 is 44.1. The van der Waals surface area contributed by atoms with Crippen LogP contribution in [-0.4, -0.2) is 0 Å². The zero-order valence-electron chi connectivity index (χ0n) is 86.3. The van der Waals surface area contributed by atoms with Crippen LogP contribution in [0.1, 0.15) is 173 Å². The van der Waals surface area contributed by atoms with Gasteiger partial charge in [0.05, 0.1) is 27.8 Å². The minimum absolute atomic E-state index is 0.0922. The van der Waals surface area contributed by atoms with Crippen LogP contribution in [0, 0.1) is 34.6 Å². The van der Waals surface area contributed by atoms with Crippen molar-refractivity contribution in [2.75, 3.05) is 0 Å². The van der Waals surface area contributed by atoms with Gasteiger partial charge in [-0.1, -0.05) is 286 Å². The summed E-state index contributed by atoms with van der Waals surface area (Å²) in [7, 11) is 10.6. The molecule has 0 amide bonds. The highest BCUT2D eigenvalue weighted by atomic mass is 16.3. The first kappa shape index (κ1) is 93.0. The third-order valence-electron chi connectivity index (χ3n) is 31.7. The molecule has 2 saturated carbocycles. The van der Waals surface area contributed by atoms with Gasteiger partial charge in [-0.05, 0) is 203 Å². The highest BCUT2D eigenvalue weighted by Gasteiger charge is 2.32. The van der Waals surface area contributed by atoms with E-state index in [0.29, 0.717) is 17.8 Å². The van der Waals surface area contributed by atoms with E-state index in [9.17, 15) is 0 Å². The van der Waals surface area contributed by atoms with Gasteiger partial charge in [-0.3, -0.25) is 0 Å². The predicted molar refractivity (Wildman–Crippen MR) is 602 cm³/mol. The van der Waals surface area contributed by atoms with Gasteiger partial charge in [-0.25, -0.2) is 22.8 Å². The second kappa shape index (κ2) is 37.9. The fraction of sp³-hybridized carbons (Fsp3) is 0.222. The number of aromatic nitrogens is 5. The number of hydrogen-bond acceptors (Lipinski definition) is 5. The van der Waals surface area contributed by atoms with Crippen molar-refractivity contribution in [2.45, 2.75) is 164 Å². The molecule has 0 spiro atoms. The van der Waals surface area contributed by atoms with Gasteiger partial charge >= 0.3 is 0 Å². The first-order valence-electron chi connectivity index (χ1n) is 52.1. The number of furan rings is 5. The number of hydrogen-bond donors (Lipinski definition) is 0. The molecule has 10 aromatic heterocycles. The van der Waals surface area contributed by atoms with Crippen molar-refractivity contribution < 1.29 is 44.9 Å². The van der Waals surface area contributed by atoms with E-state index >= 15 is 0 Å². The summed E-state index contributed by atoms with van der Waals surface area (Å²) in [6.45, 7) is 24.3. The monoisotopic (exact) mass is 1900 g/mol. The molecule has 10 heteroatoms. The molecule has 716 valence electrons. The van der Waals surface area contributed by atoms with E-state index in [0.717, 1.165) is 67.6 Å². The molecule has 0 atom stereocenters. The summed E-state index contributed by atoms with van der Waals surface area (Å²) in [4.78, 5) is 0. The molecular formula is C135H126N5O5+5. The molecule has 0 bridgehead atoms. The summed E-state index contributed by atoms with van der Waals surface area (Å²) in [6.07, 6.45) is 24.0. The Morgan fingerprint density at radius 3 is 0.800 bits per heavy atom. The number of fused-ring (bicyclic) bond motifs is 25. The minimum atomic E-state index is 0.0922. The van der Waals surface area contributed by atoms with Gasteiger partial charge in [-0.2, -0.15) is 0 Å².